The van der Waals surface area contributed by atoms with E-state index in [2.05, 4.69) is 182 Å². The Kier molecular flexibility index (Phi) is 8.18. The molecule has 14 rings (SSSR count). The molecule has 2 aromatic heterocycles. The van der Waals surface area contributed by atoms with Crippen LogP contribution in [-0.4, -0.2) is 15.0 Å². The quantitative estimate of drug-likeness (QED) is 0.162. The summed E-state index contributed by atoms with van der Waals surface area (Å²) in [6.07, 6.45) is 0. The SMILES string of the molecule is N#Cc1ccc(-c2cccc(-c3nc(-c4cccc(-c5cccc6c5sc5ccccc56)c4)nc(-c4cc5ccc6cccc7c8cccc9ccc%10cccc(c(c4)c5c67)c%10c98)n3)c2)cc1. The molecule has 0 saturated carbocycles. The molecule has 0 atom stereocenters. The minimum Gasteiger partial charge on any atom is -0.208 e. The van der Waals surface area contributed by atoms with Crippen molar-refractivity contribution < 1.29 is 0 Å². The molecule has 0 amide bonds. The first-order valence-electron chi connectivity index (χ1n) is 22.5. The van der Waals surface area contributed by atoms with Gasteiger partial charge in [-0.1, -0.05) is 164 Å². The summed E-state index contributed by atoms with van der Waals surface area (Å²) in [4.78, 5) is 16.1. The molecule has 0 unspecified atom stereocenters. The highest BCUT2D eigenvalue weighted by atomic mass is 32.1. The molecule has 67 heavy (non-hydrogen) atoms. The molecule has 0 saturated heterocycles. The third-order valence-corrected chi connectivity index (χ3v) is 14.8. The Morgan fingerprint density at radius 2 is 0.821 bits per heavy atom. The van der Waals surface area contributed by atoms with Gasteiger partial charge in [0.2, 0.25) is 0 Å². The summed E-state index contributed by atoms with van der Waals surface area (Å²) in [7, 11) is 0. The maximum Gasteiger partial charge on any atom is 0.164 e. The molecule has 4 nitrogen and oxygen atoms in total. The Hall–Kier alpha value is -8.82. The van der Waals surface area contributed by atoms with Crippen LogP contribution in [0.2, 0.25) is 0 Å². The van der Waals surface area contributed by atoms with Gasteiger partial charge in [0, 0.05) is 36.9 Å². The van der Waals surface area contributed by atoms with Crippen LogP contribution in [0.5, 0.6) is 0 Å². The van der Waals surface area contributed by atoms with Crippen molar-refractivity contribution in [1.82, 2.24) is 15.0 Å². The Bertz CT molecular complexity index is 4400. The molecule has 0 N–H and O–H groups in total. The van der Waals surface area contributed by atoms with Crippen molar-refractivity contribution in [3.8, 4) is 62.5 Å². The van der Waals surface area contributed by atoms with Gasteiger partial charge in [-0.05, 0) is 129 Å². The molecule has 0 fully saturated rings. The minimum atomic E-state index is 0.580. The molecule has 0 radical (unpaired) electrons. The molecule has 14 aromatic rings. The van der Waals surface area contributed by atoms with Gasteiger partial charge in [-0.3, -0.25) is 0 Å². The van der Waals surface area contributed by atoms with Crippen LogP contribution >= 0.6 is 11.3 Å². The van der Waals surface area contributed by atoms with E-state index in [1.807, 2.05) is 41.7 Å². The fourth-order valence-corrected chi connectivity index (χ4v) is 11.8. The van der Waals surface area contributed by atoms with E-state index in [1.165, 1.54) is 79.6 Å². The van der Waals surface area contributed by atoms with Crippen LogP contribution in [0.15, 0.2) is 206 Å². The van der Waals surface area contributed by atoms with Crippen LogP contribution in [0.25, 0.3) is 141 Å². The lowest BCUT2D eigenvalue weighted by Gasteiger charge is -2.17. The molecule has 0 spiro atoms. The number of rotatable bonds is 5. The van der Waals surface area contributed by atoms with E-state index in [0.717, 1.165) is 44.2 Å². The van der Waals surface area contributed by atoms with Crippen LogP contribution in [0.4, 0.5) is 0 Å². The first-order chi connectivity index (χ1) is 33.1. The smallest absolute Gasteiger partial charge is 0.164 e. The Morgan fingerprint density at radius 1 is 0.328 bits per heavy atom. The number of aromatic nitrogens is 3. The van der Waals surface area contributed by atoms with Crippen LogP contribution < -0.4 is 0 Å². The van der Waals surface area contributed by atoms with Crippen molar-refractivity contribution in [2.45, 2.75) is 0 Å². The largest absolute Gasteiger partial charge is 0.208 e. The lowest BCUT2D eigenvalue weighted by Crippen LogP contribution is -2.01. The van der Waals surface area contributed by atoms with Crippen LogP contribution in [0.3, 0.4) is 0 Å². The van der Waals surface area contributed by atoms with Crippen LogP contribution in [0, 0.1) is 11.3 Å². The summed E-state index contributed by atoms with van der Waals surface area (Å²) < 4.78 is 2.54. The predicted molar refractivity (Wildman–Crippen MR) is 281 cm³/mol. The first-order valence-corrected chi connectivity index (χ1v) is 23.3. The second kappa shape index (κ2) is 14.6. The van der Waals surface area contributed by atoms with Gasteiger partial charge in [-0.2, -0.15) is 5.26 Å². The molecule has 2 heterocycles. The van der Waals surface area contributed by atoms with E-state index in [1.54, 1.807) is 0 Å². The summed E-state index contributed by atoms with van der Waals surface area (Å²) in [6, 6.07) is 75.8. The number of nitriles is 1. The van der Waals surface area contributed by atoms with Gasteiger partial charge in [0.05, 0.1) is 11.6 Å². The lowest BCUT2D eigenvalue weighted by atomic mass is 9.87. The van der Waals surface area contributed by atoms with E-state index in [9.17, 15) is 5.26 Å². The van der Waals surface area contributed by atoms with E-state index < -0.39 is 0 Å². The maximum atomic E-state index is 9.50. The number of fused-ring (bicyclic) bond motifs is 5. The first kappa shape index (κ1) is 37.5. The summed E-state index contributed by atoms with van der Waals surface area (Å²) >= 11 is 1.83. The third-order valence-electron chi connectivity index (χ3n) is 13.6. The van der Waals surface area contributed by atoms with Crippen molar-refractivity contribution in [3.63, 3.8) is 0 Å². The van der Waals surface area contributed by atoms with Gasteiger partial charge in [-0.15, -0.1) is 11.3 Å². The third kappa shape index (κ3) is 5.87. The molecule has 0 aliphatic heterocycles. The van der Waals surface area contributed by atoms with Gasteiger partial charge < -0.3 is 0 Å². The number of hydrogen-bond acceptors (Lipinski definition) is 5. The van der Waals surface area contributed by atoms with Gasteiger partial charge >= 0.3 is 0 Å². The number of hydrogen-bond donors (Lipinski definition) is 0. The normalized spacial score (nSPS) is 11.9. The summed E-state index contributed by atoms with van der Waals surface area (Å²) in [5.41, 5.74) is 7.63. The zero-order valence-electron chi connectivity index (χ0n) is 35.8. The molecule has 0 aliphatic rings. The molecule has 0 bridgehead atoms. The second-order valence-corrected chi connectivity index (χ2v) is 18.5. The average Bonchev–Trinajstić information content (AvgIpc) is 3.78. The molecule has 12 aromatic carbocycles. The molecule has 308 valence electrons. The van der Waals surface area contributed by atoms with Crippen molar-refractivity contribution in [3.05, 3.63) is 212 Å². The minimum absolute atomic E-state index is 0.580. The highest BCUT2D eigenvalue weighted by molar-refractivity contribution is 7.26. The zero-order valence-corrected chi connectivity index (χ0v) is 36.6. The molecular weight excluding hydrogens is 833 g/mol. The maximum absolute atomic E-state index is 9.50. The highest BCUT2D eigenvalue weighted by Gasteiger charge is 2.20. The Labute approximate surface area is 388 Å². The second-order valence-electron chi connectivity index (χ2n) is 17.4. The summed E-state index contributed by atoms with van der Waals surface area (Å²) in [5, 5.41) is 26.6. The topological polar surface area (TPSA) is 62.5 Å². The van der Waals surface area contributed by atoms with Crippen molar-refractivity contribution in [2.24, 2.45) is 0 Å². The molecular formula is C62H34N4S. The van der Waals surface area contributed by atoms with E-state index in [-0.39, 0.29) is 0 Å². The predicted octanol–water partition coefficient (Wildman–Crippen LogP) is 16.8. The highest BCUT2D eigenvalue weighted by Crippen LogP contribution is 2.45. The number of benzene rings is 11. The van der Waals surface area contributed by atoms with Gasteiger partial charge in [0.1, 0.15) is 0 Å². The van der Waals surface area contributed by atoms with Crippen molar-refractivity contribution in [2.75, 3.05) is 0 Å². The van der Waals surface area contributed by atoms with E-state index >= 15 is 0 Å². The standard InChI is InChI=1S/C62H34N4S/c63-35-36-23-25-37(26-24-36)41-12-3-14-44(31-41)60-64-61(45-15-4-13-42(32-45)47-17-8-21-52-48-16-1-2-22-54(48)67-59(47)52)66-62(65-60)46-33-43-30-29-40-10-6-19-50-49-18-5-9-38-27-28-39-11-7-20-51(57(39)55(38)49)53(34-46)58(43)56(40)50/h1-34H. The number of nitrogens with zero attached hydrogens (tertiary/aromatic N) is 4. The van der Waals surface area contributed by atoms with E-state index in [4.69, 9.17) is 15.0 Å². The van der Waals surface area contributed by atoms with Gasteiger partial charge in [-0.25, -0.2) is 15.0 Å². The molecule has 5 heteroatoms. The van der Waals surface area contributed by atoms with Crippen molar-refractivity contribution in [1.29, 1.82) is 5.26 Å². The fraction of sp³-hybridized carbons (Fsp3) is 0. The van der Waals surface area contributed by atoms with Crippen molar-refractivity contribution >= 4 is 96.1 Å². The van der Waals surface area contributed by atoms with Crippen LogP contribution in [0.1, 0.15) is 5.56 Å². The monoisotopic (exact) mass is 866 g/mol. The summed E-state index contributed by atoms with van der Waals surface area (Å²) in [6.45, 7) is 0. The number of thiophene rings is 1. The zero-order chi connectivity index (χ0) is 44.2. The Balaban J connectivity index is 1.03. The Morgan fingerprint density at radius 3 is 1.48 bits per heavy atom. The van der Waals surface area contributed by atoms with Gasteiger partial charge in [0.15, 0.2) is 17.5 Å². The van der Waals surface area contributed by atoms with E-state index in [0.29, 0.717) is 23.0 Å². The van der Waals surface area contributed by atoms with Crippen LogP contribution in [-0.2, 0) is 0 Å². The van der Waals surface area contributed by atoms with Gasteiger partial charge in [0.25, 0.3) is 0 Å². The summed E-state index contributed by atoms with van der Waals surface area (Å²) in [5.74, 6) is 1.77. The fourth-order valence-electron chi connectivity index (χ4n) is 10.6. The molecule has 0 aliphatic carbocycles. The lowest BCUT2D eigenvalue weighted by molar-refractivity contribution is 1.07. The average molecular weight is 867 g/mol.